The van der Waals surface area contributed by atoms with Crippen molar-refractivity contribution in [2.24, 2.45) is 0 Å². The van der Waals surface area contributed by atoms with E-state index >= 15 is 0 Å². The highest BCUT2D eigenvalue weighted by Gasteiger charge is 2.15. The van der Waals surface area contributed by atoms with Crippen LogP contribution in [0.25, 0.3) is 5.65 Å². The summed E-state index contributed by atoms with van der Waals surface area (Å²) < 4.78 is 7.44. The fourth-order valence-corrected chi connectivity index (χ4v) is 2.82. The number of nitrogens with zero attached hydrogens (tertiary/aromatic N) is 2. The van der Waals surface area contributed by atoms with Gasteiger partial charge < -0.3 is 19.8 Å². The van der Waals surface area contributed by atoms with E-state index in [4.69, 9.17) is 4.74 Å². The van der Waals surface area contributed by atoms with Crippen LogP contribution in [0.4, 0.5) is 5.69 Å². The van der Waals surface area contributed by atoms with Crippen LogP contribution in [0.1, 0.15) is 16.2 Å². The molecular weight excluding hydrogens is 428 g/mol. The van der Waals surface area contributed by atoms with Gasteiger partial charge in [0.25, 0.3) is 5.91 Å². The molecule has 2 amide bonds. The number of pyridine rings is 1. The van der Waals surface area contributed by atoms with Crippen LogP contribution in [0, 0.1) is 6.92 Å². The first kappa shape index (κ1) is 19.6. The zero-order valence-corrected chi connectivity index (χ0v) is 16.5. The van der Waals surface area contributed by atoms with E-state index in [9.17, 15) is 14.4 Å². The number of ether oxygens (including phenoxy) is 1. The highest BCUT2D eigenvalue weighted by Crippen LogP contribution is 2.20. The summed E-state index contributed by atoms with van der Waals surface area (Å²) in [5.74, 6) is -1.70. The van der Waals surface area contributed by atoms with Gasteiger partial charge in [0, 0.05) is 16.4 Å². The third kappa shape index (κ3) is 4.74. The van der Waals surface area contributed by atoms with Crippen molar-refractivity contribution < 1.29 is 19.1 Å². The van der Waals surface area contributed by atoms with Crippen LogP contribution in [-0.4, -0.2) is 40.3 Å². The summed E-state index contributed by atoms with van der Waals surface area (Å²) in [6.07, 6.45) is 1.55. The van der Waals surface area contributed by atoms with Crippen LogP contribution >= 0.6 is 15.9 Å². The smallest absolute Gasteiger partial charge is 0.359 e. The topological polar surface area (TPSA) is 102 Å². The molecule has 3 rings (SSSR count). The van der Waals surface area contributed by atoms with Crippen molar-refractivity contribution in [1.82, 2.24) is 14.7 Å². The molecule has 8 nitrogen and oxygen atoms in total. The summed E-state index contributed by atoms with van der Waals surface area (Å²) in [5, 5.41) is 5.05. The summed E-state index contributed by atoms with van der Waals surface area (Å²) >= 11 is 3.32. The molecule has 0 saturated carbocycles. The maximum absolute atomic E-state index is 12.1. The zero-order valence-electron chi connectivity index (χ0n) is 14.9. The Bertz CT molecular complexity index is 1050. The first-order chi connectivity index (χ1) is 13.4. The average molecular weight is 445 g/mol. The molecule has 0 atom stereocenters. The minimum atomic E-state index is -0.712. The fraction of sp³-hybridized carbons (Fsp3) is 0.158. The number of amides is 2. The molecule has 0 radical (unpaired) electrons. The molecular formula is C19H17BrN4O4. The Morgan fingerprint density at radius 1 is 1.11 bits per heavy atom. The Morgan fingerprint density at radius 2 is 1.89 bits per heavy atom. The number of aromatic nitrogens is 2. The maximum Gasteiger partial charge on any atom is 0.359 e. The highest BCUT2D eigenvalue weighted by atomic mass is 79.9. The lowest BCUT2D eigenvalue weighted by molar-refractivity contribution is -0.126. The number of aryl methyl sites for hydroxylation is 1. The van der Waals surface area contributed by atoms with E-state index in [0.717, 1.165) is 10.2 Å². The first-order valence-electron chi connectivity index (χ1n) is 8.37. The Balaban J connectivity index is 1.47. The Hall–Kier alpha value is -3.20. The number of anilines is 1. The number of esters is 1. The van der Waals surface area contributed by atoms with Crippen molar-refractivity contribution in [3.8, 4) is 0 Å². The lowest BCUT2D eigenvalue weighted by Crippen LogP contribution is -2.35. The summed E-state index contributed by atoms with van der Waals surface area (Å²) in [6.45, 7) is 1.13. The standard InChI is InChI=1S/C19H17BrN4O4/c1-12-5-4-8-16-22-15(10-24(12)16)19(27)28-11-18(26)21-9-17(25)23-14-7-3-2-6-13(14)20/h2-8,10H,9,11H2,1H3,(H,21,26)(H,23,25). The number of rotatable bonds is 6. The lowest BCUT2D eigenvalue weighted by atomic mass is 10.3. The number of fused-ring (bicyclic) bond motifs is 1. The molecule has 0 bridgehead atoms. The molecule has 28 heavy (non-hydrogen) atoms. The van der Waals surface area contributed by atoms with Gasteiger partial charge in [-0.3, -0.25) is 9.59 Å². The molecule has 0 aliphatic rings. The van der Waals surface area contributed by atoms with E-state index in [1.807, 2.05) is 25.1 Å². The number of halogens is 1. The van der Waals surface area contributed by atoms with Gasteiger partial charge in [-0.25, -0.2) is 9.78 Å². The second kappa shape index (κ2) is 8.66. The Kier molecular flexibility index (Phi) is 6.05. The third-order valence-corrected chi connectivity index (χ3v) is 4.52. The number of carbonyl (C=O) groups excluding carboxylic acids is 3. The number of nitrogens with one attached hydrogen (secondary N) is 2. The largest absolute Gasteiger partial charge is 0.451 e. The molecule has 0 spiro atoms. The minimum Gasteiger partial charge on any atom is -0.451 e. The number of hydrogen-bond acceptors (Lipinski definition) is 5. The fourth-order valence-electron chi connectivity index (χ4n) is 2.44. The van der Waals surface area contributed by atoms with Crippen LogP contribution in [0.2, 0.25) is 0 Å². The molecule has 3 aromatic rings. The Morgan fingerprint density at radius 3 is 2.64 bits per heavy atom. The van der Waals surface area contributed by atoms with E-state index in [1.54, 1.807) is 34.9 Å². The number of benzene rings is 1. The van der Waals surface area contributed by atoms with Crippen molar-refractivity contribution in [3.63, 3.8) is 0 Å². The predicted octanol–water partition coefficient (Wildman–Crippen LogP) is 2.32. The van der Waals surface area contributed by atoms with Gasteiger partial charge in [0.1, 0.15) is 5.65 Å². The van der Waals surface area contributed by atoms with E-state index in [0.29, 0.717) is 11.3 Å². The van der Waals surface area contributed by atoms with E-state index < -0.39 is 24.4 Å². The molecule has 0 unspecified atom stereocenters. The van der Waals surface area contributed by atoms with Crippen LogP contribution < -0.4 is 10.6 Å². The molecule has 1 aromatic carbocycles. The Labute approximate surface area is 169 Å². The van der Waals surface area contributed by atoms with Crippen LogP contribution in [0.5, 0.6) is 0 Å². The second-order valence-electron chi connectivity index (χ2n) is 5.90. The third-order valence-electron chi connectivity index (χ3n) is 3.83. The van der Waals surface area contributed by atoms with Crippen LogP contribution in [0.3, 0.4) is 0 Å². The van der Waals surface area contributed by atoms with Crippen LogP contribution in [-0.2, 0) is 14.3 Å². The predicted molar refractivity (Wildman–Crippen MR) is 106 cm³/mol. The summed E-state index contributed by atoms with van der Waals surface area (Å²) in [4.78, 5) is 40.0. The number of imidazole rings is 1. The summed E-state index contributed by atoms with van der Waals surface area (Å²) in [6, 6.07) is 12.6. The lowest BCUT2D eigenvalue weighted by Gasteiger charge is -2.08. The van der Waals surface area contributed by atoms with Gasteiger partial charge in [0.15, 0.2) is 12.3 Å². The SMILES string of the molecule is Cc1cccc2nc(C(=O)OCC(=O)NCC(=O)Nc3ccccc3Br)cn12. The number of hydrogen-bond donors (Lipinski definition) is 2. The molecule has 2 heterocycles. The maximum atomic E-state index is 12.1. The van der Waals surface area contributed by atoms with Gasteiger partial charge in [0.05, 0.1) is 12.2 Å². The molecule has 9 heteroatoms. The summed E-state index contributed by atoms with van der Waals surface area (Å²) in [7, 11) is 0. The number of para-hydroxylation sites is 1. The van der Waals surface area contributed by atoms with Gasteiger partial charge in [-0.2, -0.15) is 0 Å². The molecule has 0 aliphatic carbocycles. The van der Waals surface area contributed by atoms with Gasteiger partial charge in [-0.1, -0.05) is 18.2 Å². The molecule has 144 valence electrons. The molecule has 0 saturated heterocycles. The van der Waals surface area contributed by atoms with E-state index in [2.05, 4.69) is 31.5 Å². The average Bonchev–Trinajstić information content (AvgIpc) is 3.12. The van der Waals surface area contributed by atoms with Gasteiger partial charge in [-0.15, -0.1) is 0 Å². The zero-order chi connectivity index (χ0) is 20.1. The first-order valence-corrected chi connectivity index (χ1v) is 9.16. The van der Waals surface area contributed by atoms with Crippen molar-refractivity contribution in [2.75, 3.05) is 18.5 Å². The van der Waals surface area contributed by atoms with Crippen molar-refractivity contribution in [2.45, 2.75) is 6.92 Å². The minimum absolute atomic E-state index is 0.105. The normalized spacial score (nSPS) is 10.5. The monoisotopic (exact) mass is 444 g/mol. The number of carbonyl (C=O) groups is 3. The van der Waals surface area contributed by atoms with Crippen molar-refractivity contribution >= 4 is 45.0 Å². The quantitative estimate of drug-likeness (QED) is 0.568. The molecule has 2 N–H and O–H groups in total. The molecule has 2 aromatic heterocycles. The second-order valence-corrected chi connectivity index (χ2v) is 6.76. The van der Waals surface area contributed by atoms with Gasteiger partial charge in [-0.05, 0) is 47.1 Å². The van der Waals surface area contributed by atoms with Gasteiger partial charge >= 0.3 is 5.97 Å². The van der Waals surface area contributed by atoms with Crippen molar-refractivity contribution in [3.05, 3.63) is 64.5 Å². The highest BCUT2D eigenvalue weighted by molar-refractivity contribution is 9.10. The summed E-state index contributed by atoms with van der Waals surface area (Å²) in [5.41, 5.74) is 2.22. The van der Waals surface area contributed by atoms with Crippen molar-refractivity contribution in [1.29, 1.82) is 0 Å². The molecule has 0 aliphatic heterocycles. The van der Waals surface area contributed by atoms with Gasteiger partial charge in [0.2, 0.25) is 5.91 Å². The van der Waals surface area contributed by atoms with E-state index in [-0.39, 0.29) is 12.2 Å². The van der Waals surface area contributed by atoms with E-state index in [1.165, 1.54) is 0 Å². The van der Waals surface area contributed by atoms with Crippen LogP contribution in [0.15, 0.2) is 53.1 Å². The molecule has 0 fully saturated rings.